The number of alkyl halides is 3. The molecule has 0 fully saturated rings. The van der Waals surface area contributed by atoms with Crippen molar-refractivity contribution in [2.45, 2.75) is 25.8 Å². The predicted molar refractivity (Wildman–Crippen MR) is 97.1 cm³/mol. The van der Waals surface area contributed by atoms with Crippen LogP contribution in [0, 0.1) is 0 Å². The molecule has 152 valence electrons. The van der Waals surface area contributed by atoms with Crippen molar-refractivity contribution >= 4 is 17.1 Å². The molecule has 0 bridgehead atoms. The van der Waals surface area contributed by atoms with Crippen molar-refractivity contribution in [2.75, 3.05) is 0 Å². The molecule has 3 aromatic rings. The molecule has 1 heterocycles. The number of ether oxygens (including phenoxy) is 3. The average molecular weight is 407 g/mol. The maximum Gasteiger partial charge on any atom is 0.573 e. The first-order valence-corrected chi connectivity index (χ1v) is 8.38. The zero-order valence-electron chi connectivity index (χ0n) is 15.4. The molecule has 0 aliphatic carbocycles. The van der Waals surface area contributed by atoms with E-state index in [1.54, 1.807) is 44.3 Å². The van der Waals surface area contributed by atoms with Gasteiger partial charge in [0.2, 0.25) is 0 Å². The first-order chi connectivity index (χ1) is 13.5. The second-order valence-corrected chi connectivity index (χ2v) is 6.54. The number of benzene rings is 2. The number of hydrogen-bond acceptors (Lipinski definition) is 5. The molecule has 0 saturated carbocycles. The summed E-state index contributed by atoms with van der Waals surface area (Å²) in [6, 6.07) is 11.6. The van der Waals surface area contributed by atoms with Crippen molar-refractivity contribution in [3.05, 3.63) is 60.3 Å². The predicted octanol–water partition coefficient (Wildman–Crippen LogP) is 5.86. The van der Waals surface area contributed by atoms with Gasteiger partial charge in [-0.3, -0.25) is 4.98 Å². The number of carboxylic acid groups (broad SMARTS) is 1. The van der Waals surface area contributed by atoms with E-state index in [1.807, 2.05) is 0 Å². The Morgan fingerprint density at radius 3 is 2.21 bits per heavy atom. The Bertz CT molecular complexity index is 1030. The fraction of sp³-hybridized carbons (Fsp3) is 0.200. The lowest BCUT2D eigenvalue weighted by Gasteiger charge is -2.25. The Morgan fingerprint density at radius 1 is 0.966 bits per heavy atom. The van der Waals surface area contributed by atoms with Crippen molar-refractivity contribution in [1.82, 2.24) is 4.98 Å². The van der Waals surface area contributed by atoms with Crippen LogP contribution < -0.4 is 9.47 Å². The van der Waals surface area contributed by atoms with Crippen LogP contribution in [0.1, 0.15) is 19.4 Å². The van der Waals surface area contributed by atoms with Crippen molar-refractivity contribution < 1.29 is 37.3 Å². The lowest BCUT2D eigenvalue weighted by molar-refractivity contribution is -0.274. The van der Waals surface area contributed by atoms with Gasteiger partial charge >= 0.3 is 12.5 Å². The Balaban J connectivity index is 1.89. The molecule has 0 atom stereocenters. The first kappa shape index (κ1) is 20.2. The zero-order valence-corrected chi connectivity index (χ0v) is 15.4. The quantitative estimate of drug-likeness (QED) is 0.534. The standard InChI is InChI=1S/C20H16F3NO5/c1-19(2,29-18(25)26)16-9-10-24-17-8-7-14(11-15(16)17)27-12-3-5-13(6-4-12)28-20(21,22)23/h3-11H,1-2H3,(H,25,26). The van der Waals surface area contributed by atoms with Gasteiger partial charge in [-0.15, -0.1) is 13.2 Å². The van der Waals surface area contributed by atoms with Gasteiger partial charge in [-0.25, -0.2) is 4.79 Å². The lowest BCUT2D eigenvalue weighted by Crippen LogP contribution is -2.25. The summed E-state index contributed by atoms with van der Waals surface area (Å²) >= 11 is 0. The topological polar surface area (TPSA) is 77.9 Å². The fourth-order valence-corrected chi connectivity index (χ4v) is 2.83. The highest BCUT2D eigenvalue weighted by Gasteiger charge is 2.31. The van der Waals surface area contributed by atoms with E-state index in [0.717, 1.165) is 12.1 Å². The molecule has 0 aliphatic rings. The Hall–Kier alpha value is -3.49. The molecule has 0 amide bonds. The summed E-state index contributed by atoms with van der Waals surface area (Å²) in [6.45, 7) is 3.23. The number of carbonyl (C=O) groups is 1. The van der Waals surface area contributed by atoms with Gasteiger partial charge in [0.15, 0.2) is 0 Å². The highest BCUT2D eigenvalue weighted by molar-refractivity contribution is 5.84. The van der Waals surface area contributed by atoms with E-state index in [2.05, 4.69) is 9.72 Å². The number of hydrogen-bond donors (Lipinski definition) is 1. The van der Waals surface area contributed by atoms with E-state index in [0.29, 0.717) is 28.0 Å². The third-order valence-electron chi connectivity index (χ3n) is 4.00. The Labute approximate surface area is 163 Å². The minimum Gasteiger partial charge on any atom is -0.457 e. The van der Waals surface area contributed by atoms with Crippen LogP contribution in [0.3, 0.4) is 0 Å². The number of nitrogens with zero attached hydrogens (tertiary/aromatic N) is 1. The van der Waals surface area contributed by atoms with Gasteiger partial charge in [-0.05, 0) is 62.4 Å². The summed E-state index contributed by atoms with van der Waals surface area (Å²) in [5.41, 5.74) is 0.0532. The second kappa shape index (κ2) is 7.50. The molecule has 1 aromatic heterocycles. The minimum absolute atomic E-state index is 0.297. The first-order valence-electron chi connectivity index (χ1n) is 8.38. The smallest absolute Gasteiger partial charge is 0.457 e. The summed E-state index contributed by atoms with van der Waals surface area (Å²) in [5.74, 6) is 0.329. The number of aromatic nitrogens is 1. The highest BCUT2D eigenvalue weighted by Crippen LogP contribution is 2.34. The molecule has 0 radical (unpaired) electrons. The molecule has 3 rings (SSSR count). The molecular formula is C20H16F3NO5. The summed E-state index contributed by atoms with van der Waals surface area (Å²) in [7, 11) is 0. The van der Waals surface area contributed by atoms with Crippen LogP contribution in [0.15, 0.2) is 54.7 Å². The molecule has 9 heteroatoms. The molecular weight excluding hydrogens is 391 g/mol. The van der Waals surface area contributed by atoms with Crippen LogP contribution in [0.4, 0.5) is 18.0 Å². The monoisotopic (exact) mass is 407 g/mol. The number of pyridine rings is 1. The third kappa shape index (κ3) is 5.07. The van der Waals surface area contributed by atoms with E-state index < -0.39 is 18.1 Å². The van der Waals surface area contributed by atoms with E-state index in [1.165, 1.54) is 12.1 Å². The van der Waals surface area contributed by atoms with Crippen LogP contribution in [0.25, 0.3) is 10.9 Å². The molecule has 1 N–H and O–H groups in total. The largest absolute Gasteiger partial charge is 0.573 e. The maximum atomic E-state index is 12.2. The SMILES string of the molecule is CC(C)(OC(=O)O)c1ccnc2ccc(Oc3ccc(OC(F)(F)F)cc3)cc12. The van der Waals surface area contributed by atoms with Gasteiger partial charge in [0.25, 0.3) is 0 Å². The van der Waals surface area contributed by atoms with Crippen LogP contribution in [-0.2, 0) is 10.3 Å². The molecule has 0 unspecified atom stereocenters. The van der Waals surface area contributed by atoms with Crippen molar-refractivity contribution in [2.24, 2.45) is 0 Å². The van der Waals surface area contributed by atoms with E-state index in [-0.39, 0.29) is 5.75 Å². The summed E-state index contributed by atoms with van der Waals surface area (Å²) in [4.78, 5) is 15.3. The minimum atomic E-state index is -4.77. The van der Waals surface area contributed by atoms with Crippen LogP contribution >= 0.6 is 0 Å². The highest BCUT2D eigenvalue weighted by atomic mass is 19.4. The zero-order chi connectivity index (χ0) is 21.2. The lowest BCUT2D eigenvalue weighted by atomic mass is 9.94. The van der Waals surface area contributed by atoms with E-state index >= 15 is 0 Å². The summed E-state index contributed by atoms with van der Waals surface area (Å²) < 4.78 is 51.2. The van der Waals surface area contributed by atoms with Crippen LogP contribution in [0.2, 0.25) is 0 Å². The molecule has 6 nitrogen and oxygen atoms in total. The van der Waals surface area contributed by atoms with Gasteiger partial charge in [-0.2, -0.15) is 0 Å². The van der Waals surface area contributed by atoms with Gasteiger partial charge < -0.3 is 19.3 Å². The number of fused-ring (bicyclic) bond motifs is 1. The Kier molecular flexibility index (Phi) is 5.23. The van der Waals surface area contributed by atoms with Crippen molar-refractivity contribution in [3.63, 3.8) is 0 Å². The number of rotatable bonds is 5. The number of halogens is 3. The van der Waals surface area contributed by atoms with Crippen LogP contribution in [-0.4, -0.2) is 22.6 Å². The van der Waals surface area contributed by atoms with Crippen LogP contribution in [0.5, 0.6) is 17.2 Å². The molecule has 29 heavy (non-hydrogen) atoms. The molecule has 2 aromatic carbocycles. The van der Waals surface area contributed by atoms with Gasteiger partial charge in [0, 0.05) is 17.1 Å². The fourth-order valence-electron chi connectivity index (χ4n) is 2.83. The molecule has 0 spiro atoms. The van der Waals surface area contributed by atoms with Crippen molar-refractivity contribution in [1.29, 1.82) is 0 Å². The molecule has 0 aliphatic heterocycles. The van der Waals surface area contributed by atoms with Gasteiger partial charge in [-0.1, -0.05) is 0 Å². The van der Waals surface area contributed by atoms with E-state index in [4.69, 9.17) is 14.6 Å². The normalized spacial score (nSPS) is 11.9. The molecule has 0 saturated heterocycles. The van der Waals surface area contributed by atoms with Gasteiger partial charge in [0.05, 0.1) is 5.52 Å². The van der Waals surface area contributed by atoms with E-state index in [9.17, 15) is 18.0 Å². The summed E-state index contributed by atoms with van der Waals surface area (Å²) in [5, 5.41) is 9.60. The van der Waals surface area contributed by atoms with Gasteiger partial charge in [0.1, 0.15) is 22.8 Å². The summed E-state index contributed by atoms with van der Waals surface area (Å²) in [6.07, 6.45) is -4.63. The second-order valence-electron chi connectivity index (χ2n) is 6.54. The Morgan fingerprint density at radius 2 is 1.59 bits per heavy atom. The van der Waals surface area contributed by atoms with Crippen molar-refractivity contribution in [3.8, 4) is 17.2 Å². The average Bonchev–Trinajstić information content (AvgIpc) is 2.60. The maximum absolute atomic E-state index is 12.2. The third-order valence-corrected chi connectivity index (χ3v) is 4.00.